The van der Waals surface area contributed by atoms with Crippen molar-refractivity contribution in [2.24, 2.45) is 0 Å². The summed E-state index contributed by atoms with van der Waals surface area (Å²) in [4.78, 5) is 12.4. The summed E-state index contributed by atoms with van der Waals surface area (Å²) in [5.74, 6) is -0.202. The smallest absolute Gasteiger partial charge is 0.257 e. The minimum absolute atomic E-state index is 0.202. The van der Waals surface area contributed by atoms with Crippen LogP contribution in [0.5, 0.6) is 0 Å². The number of aromatic nitrogens is 4. The molecule has 0 fully saturated rings. The third kappa shape index (κ3) is 3.68. The highest BCUT2D eigenvalue weighted by Crippen LogP contribution is 2.26. The van der Waals surface area contributed by atoms with Gasteiger partial charge in [0, 0.05) is 23.5 Å². The first kappa shape index (κ1) is 16.2. The number of rotatable bonds is 5. The van der Waals surface area contributed by atoms with E-state index in [1.54, 1.807) is 18.3 Å². The van der Waals surface area contributed by atoms with Gasteiger partial charge in [0.05, 0.1) is 6.54 Å². The van der Waals surface area contributed by atoms with Crippen molar-refractivity contribution in [2.45, 2.75) is 6.54 Å². The Morgan fingerprint density at radius 1 is 1.00 bits per heavy atom. The summed E-state index contributed by atoms with van der Waals surface area (Å²) in [5.41, 5.74) is 2.63. The lowest BCUT2D eigenvalue weighted by atomic mass is 10.1. The van der Waals surface area contributed by atoms with Crippen LogP contribution in [0.3, 0.4) is 0 Å². The van der Waals surface area contributed by atoms with Gasteiger partial charge in [0.1, 0.15) is 5.01 Å². The molecule has 0 aliphatic carbocycles. The highest BCUT2D eigenvalue weighted by atomic mass is 32.1. The third-order valence-electron chi connectivity index (χ3n) is 3.79. The van der Waals surface area contributed by atoms with Gasteiger partial charge < -0.3 is 0 Å². The molecule has 2 aromatic carbocycles. The quantitative estimate of drug-likeness (QED) is 0.588. The molecule has 0 aliphatic rings. The topological polar surface area (TPSA) is 72.7 Å². The highest BCUT2D eigenvalue weighted by molar-refractivity contribution is 7.18. The minimum atomic E-state index is -0.202. The van der Waals surface area contributed by atoms with Crippen LogP contribution < -0.4 is 5.32 Å². The van der Waals surface area contributed by atoms with Gasteiger partial charge in [-0.25, -0.2) is 0 Å². The molecule has 128 valence electrons. The van der Waals surface area contributed by atoms with E-state index >= 15 is 0 Å². The van der Waals surface area contributed by atoms with Gasteiger partial charge in [-0.1, -0.05) is 53.8 Å². The van der Waals surface area contributed by atoms with E-state index in [0.717, 1.165) is 16.1 Å². The lowest BCUT2D eigenvalue weighted by Crippen LogP contribution is -2.11. The second-order valence-corrected chi connectivity index (χ2v) is 6.61. The van der Waals surface area contributed by atoms with Gasteiger partial charge in [-0.3, -0.25) is 14.8 Å². The number of carbonyl (C=O) groups excluding carboxylic acids is 1. The number of amides is 1. The largest absolute Gasteiger partial charge is 0.296 e. The molecule has 0 saturated heterocycles. The van der Waals surface area contributed by atoms with Crippen molar-refractivity contribution < 1.29 is 4.79 Å². The van der Waals surface area contributed by atoms with Crippen molar-refractivity contribution >= 4 is 22.4 Å². The van der Waals surface area contributed by atoms with Crippen molar-refractivity contribution in [3.63, 3.8) is 0 Å². The summed E-state index contributed by atoms with van der Waals surface area (Å²) in [5, 5.41) is 16.4. The molecule has 2 heterocycles. The Labute approximate surface area is 154 Å². The Morgan fingerprint density at radius 3 is 2.54 bits per heavy atom. The van der Waals surface area contributed by atoms with Gasteiger partial charge >= 0.3 is 0 Å². The lowest BCUT2D eigenvalue weighted by molar-refractivity contribution is 0.102. The van der Waals surface area contributed by atoms with Crippen molar-refractivity contribution in [3.05, 3.63) is 84.2 Å². The van der Waals surface area contributed by atoms with E-state index in [1.165, 1.54) is 11.3 Å². The Balaban J connectivity index is 1.42. The van der Waals surface area contributed by atoms with Crippen molar-refractivity contribution in [3.8, 4) is 10.6 Å². The van der Waals surface area contributed by atoms with E-state index < -0.39 is 0 Å². The normalized spacial score (nSPS) is 10.6. The maximum Gasteiger partial charge on any atom is 0.257 e. The van der Waals surface area contributed by atoms with Gasteiger partial charge in [0.25, 0.3) is 5.91 Å². The van der Waals surface area contributed by atoms with Crippen LogP contribution >= 0.6 is 11.3 Å². The number of nitrogens with zero attached hydrogens (tertiary/aromatic N) is 4. The molecule has 0 radical (unpaired) electrons. The molecule has 0 bridgehead atoms. The molecular weight excluding hydrogens is 346 g/mol. The zero-order chi connectivity index (χ0) is 17.8. The van der Waals surface area contributed by atoms with Crippen LogP contribution in [0.15, 0.2) is 73.1 Å². The van der Waals surface area contributed by atoms with Crippen LogP contribution in [-0.2, 0) is 6.54 Å². The van der Waals surface area contributed by atoms with Crippen LogP contribution in [0.2, 0.25) is 0 Å². The predicted molar refractivity (Wildman–Crippen MR) is 101 cm³/mol. The fourth-order valence-corrected chi connectivity index (χ4v) is 3.23. The van der Waals surface area contributed by atoms with E-state index in [0.29, 0.717) is 17.2 Å². The van der Waals surface area contributed by atoms with Crippen molar-refractivity contribution in [1.82, 2.24) is 20.0 Å². The van der Waals surface area contributed by atoms with Crippen LogP contribution in [-0.4, -0.2) is 25.9 Å². The summed E-state index contributed by atoms with van der Waals surface area (Å²) < 4.78 is 1.83. The predicted octanol–water partition coefficient (Wildman–Crippen LogP) is 3.70. The summed E-state index contributed by atoms with van der Waals surface area (Å²) in [6, 6.07) is 19.1. The Bertz CT molecular complexity index is 994. The number of anilines is 1. The van der Waals surface area contributed by atoms with Crippen molar-refractivity contribution in [2.75, 3.05) is 5.32 Å². The Kier molecular flexibility index (Phi) is 4.53. The fourth-order valence-electron chi connectivity index (χ4n) is 2.48. The van der Waals surface area contributed by atoms with Crippen molar-refractivity contribution in [1.29, 1.82) is 0 Å². The molecular formula is C19H15N5OS. The molecule has 2 aromatic heterocycles. The molecule has 6 nitrogen and oxygen atoms in total. The first-order chi connectivity index (χ1) is 12.8. The maximum absolute atomic E-state index is 12.4. The zero-order valence-corrected chi connectivity index (χ0v) is 14.6. The molecule has 0 atom stereocenters. The lowest BCUT2D eigenvalue weighted by Gasteiger charge is -2.04. The van der Waals surface area contributed by atoms with Gasteiger partial charge in [-0.2, -0.15) is 5.10 Å². The standard InChI is InChI=1S/C19H15N5OS/c25-17(15-9-7-14(8-10-15)13-24-12-4-11-20-24)21-19-23-22-18(26-19)16-5-2-1-3-6-16/h1-12H,13H2,(H,21,23,25). The van der Waals surface area contributed by atoms with Crippen LogP contribution in [0, 0.1) is 0 Å². The number of hydrogen-bond acceptors (Lipinski definition) is 5. The molecule has 0 aliphatic heterocycles. The van der Waals surface area contributed by atoms with Crippen LogP contribution in [0.1, 0.15) is 15.9 Å². The minimum Gasteiger partial charge on any atom is -0.296 e. The molecule has 4 rings (SSSR count). The average molecular weight is 361 g/mol. The molecule has 4 aromatic rings. The Hall–Kier alpha value is -3.32. The van der Waals surface area contributed by atoms with Gasteiger partial charge in [-0.15, -0.1) is 10.2 Å². The van der Waals surface area contributed by atoms with Crippen LogP contribution in [0.4, 0.5) is 5.13 Å². The number of benzene rings is 2. The second kappa shape index (κ2) is 7.28. The summed E-state index contributed by atoms with van der Waals surface area (Å²) in [7, 11) is 0. The van der Waals surface area contributed by atoms with E-state index in [-0.39, 0.29) is 5.91 Å². The zero-order valence-electron chi connectivity index (χ0n) is 13.7. The monoisotopic (exact) mass is 361 g/mol. The first-order valence-electron chi connectivity index (χ1n) is 8.04. The average Bonchev–Trinajstić information content (AvgIpc) is 3.35. The highest BCUT2D eigenvalue weighted by Gasteiger charge is 2.11. The summed E-state index contributed by atoms with van der Waals surface area (Å²) in [6.07, 6.45) is 3.65. The van der Waals surface area contributed by atoms with Crippen LogP contribution in [0.25, 0.3) is 10.6 Å². The molecule has 1 amide bonds. The molecule has 0 saturated carbocycles. The van der Waals surface area contributed by atoms with Gasteiger partial charge in [0.15, 0.2) is 0 Å². The fraction of sp³-hybridized carbons (Fsp3) is 0.0526. The van der Waals surface area contributed by atoms with E-state index in [2.05, 4.69) is 20.6 Å². The SMILES string of the molecule is O=C(Nc1nnc(-c2ccccc2)s1)c1ccc(Cn2cccn2)cc1. The molecule has 0 unspecified atom stereocenters. The molecule has 7 heteroatoms. The Morgan fingerprint density at radius 2 is 1.81 bits per heavy atom. The number of hydrogen-bond donors (Lipinski definition) is 1. The first-order valence-corrected chi connectivity index (χ1v) is 8.86. The van der Waals surface area contributed by atoms with E-state index in [9.17, 15) is 4.79 Å². The van der Waals surface area contributed by atoms with Gasteiger partial charge in [0.2, 0.25) is 5.13 Å². The molecule has 26 heavy (non-hydrogen) atoms. The molecule has 1 N–H and O–H groups in total. The van der Waals surface area contributed by atoms with E-state index in [1.807, 2.05) is 59.4 Å². The summed E-state index contributed by atoms with van der Waals surface area (Å²) in [6.45, 7) is 0.672. The number of carbonyl (C=O) groups is 1. The van der Waals surface area contributed by atoms with Gasteiger partial charge in [-0.05, 0) is 23.8 Å². The molecule has 0 spiro atoms. The summed E-state index contributed by atoms with van der Waals surface area (Å²) >= 11 is 1.35. The maximum atomic E-state index is 12.4. The third-order valence-corrected chi connectivity index (χ3v) is 4.67. The number of nitrogens with one attached hydrogen (secondary N) is 1. The second-order valence-electron chi connectivity index (χ2n) is 5.63. The van der Waals surface area contributed by atoms with E-state index in [4.69, 9.17) is 0 Å².